The van der Waals surface area contributed by atoms with Crippen LogP contribution in [-0.4, -0.2) is 50.5 Å². The number of carbonyl (C=O) groups excluding carboxylic acids is 1. The first-order valence-corrected chi connectivity index (χ1v) is 9.06. The number of fused-ring (bicyclic) bond motifs is 2. The number of nitrogens with one attached hydrogen (secondary N) is 1. The summed E-state index contributed by atoms with van der Waals surface area (Å²) in [5.41, 5.74) is 1.77. The van der Waals surface area contributed by atoms with E-state index in [0.29, 0.717) is 23.7 Å². The highest BCUT2D eigenvalue weighted by Gasteiger charge is 2.26. The maximum atomic E-state index is 12.6. The molecule has 2 heterocycles. The van der Waals surface area contributed by atoms with Crippen LogP contribution in [-0.2, 0) is 0 Å². The van der Waals surface area contributed by atoms with Crippen molar-refractivity contribution in [2.75, 3.05) is 43.7 Å². The Balaban J connectivity index is 1.39. The molecular formula is C20H23N3O4. The molecule has 1 unspecified atom stereocenters. The number of benzene rings is 2. The topological polar surface area (TPSA) is 63.3 Å². The predicted octanol–water partition coefficient (Wildman–Crippen LogP) is 3.17. The number of carbonyl (C=O) groups is 1. The Hall–Kier alpha value is -3.09. The predicted molar refractivity (Wildman–Crippen MR) is 103 cm³/mol. The number of para-hydroxylation sites is 2. The van der Waals surface area contributed by atoms with Crippen LogP contribution in [0.4, 0.5) is 16.2 Å². The molecule has 0 fully saturated rings. The van der Waals surface area contributed by atoms with Gasteiger partial charge in [0.05, 0.1) is 18.8 Å². The quantitative estimate of drug-likeness (QED) is 0.897. The molecule has 142 valence electrons. The van der Waals surface area contributed by atoms with Crippen LogP contribution in [0.1, 0.15) is 6.92 Å². The van der Waals surface area contributed by atoms with Crippen molar-refractivity contribution in [2.45, 2.75) is 13.0 Å². The normalized spacial score (nSPS) is 17.1. The first-order valence-electron chi connectivity index (χ1n) is 9.06. The van der Waals surface area contributed by atoms with Gasteiger partial charge in [0.1, 0.15) is 11.9 Å². The molecule has 0 saturated heterocycles. The Bertz CT molecular complexity index is 842. The van der Waals surface area contributed by atoms with Gasteiger partial charge in [0.15, 0.2) is 11.5 Å². The summed E-state index contributed by atoms with van der Waals surface area (Å²) >= 11 is 0. The Morgan fingerprint density at radius 1 is 1.19 bits per heavy atom. The van der Waals surface area contributed by atoms with Crippen LogP contribution in [0.5, 0.6) is 17.2 Å². The van der Waals surface area contributed by atoms with E-state index in [4.69, 9.17) is 14.2 Å². The Labute approximate surface area is 158 Å². The summed E-state index contributed by atoms with van der Waals surface area (Å²) in [6.07, 6.45) is -0.0904. The van der Waals surface area contributed by atoms with E-state index in [2.05, 4.69) is 23.2 Å². The molecule has 7 heteroatoms. The number of anilines is 2. The molecule has 0 aliphatic carbocycles. The van der Waals surface area contributed by atoms with Crippen LogP contribution in [0.25, 0.3) is 0 Å². The molecule has 0 radical (unpaired) electrons. The molecule has 4 rings (SSSR count). The number of urea groups is 1. The lowest BCUT2D eigenvalue weighted by Crippen LogP contribution is -2.47. The average Bonchev–Trinajstić information content (AvgIpc) is 3.15. The standard InChI is InChI=1S/C20H23N3O4/c1-3-23-12-15(27-17-7-5-4-6-16(17)23)11-22(2)20(24)21-14-8-9-18-19(10-14)26-13-25-18/h4-10,15H,3,11-13H2,1-2H3,(H,21,24). The zero-order chi connectivity index (χ0) is 18.8. The summed E-state index contributed by atoms with van der Waals surface area (Å²) in [6.45, 7) is 4.45. The van der Waals surface area contributed by atoms with Crippen molar-refractivity contribution in [1.82, 2.24) is 4.90 Å². The highest BCUT2D eigenvalue weighted by atomic mass is 16.7. The third-order valence-corrected chi connectivity index (χ3v) is 4.75. The van der Waals surface area contributed by atoms with E-state index in [0.717, 1.165) is 24.5 Å². The van der Waals surface area contributed by atoms with E-state index >= 15 is 0 Å². The molecule has 7 nitrogen and oxygen atoms in total. The van der Waals surface area contributed by atoms with Crippen molar-refractivity contribution < 1.29 is 19.0 Å². The van der Waals surface area contributed by atoms with Crippen LogP contribution in [0.15, 0.2) is 42.5 Å². The largest absolute Gasteiger partial charge is 0.485 e. The van der Waals surface area contributed by atoms with Gasteiger partial charge >= 0.3 is 6.03 Å². The summed E-state index contributed by atoms with van der Waals surface area (Å²) < 4.78 is 16.7. The van der Waals surface area contributed by atoms with Crippen LogP contribution >= 0.6 is 0 Å². The lowest BCUT2D eigenvalue weighted by atomic mass is 10.2. The van der Waals surface area contributed by atoms with Crippen LogP contribution in [0, 0.1) is 0 Å². The van der Waals surface area contributed by atoms with Crippen LogP contribution in [0.3, 0.4) is 0 Å². The molecule has 2 aromatic rings. The molecule has 1 N–H and O–H groups in total. The molecule has 2 amide bonds. The molecule has 0 aromatic heterocycles. The van der Waals surface area contributed by atoms with Gasteiger partial charge in [0.25, 0.3) is 0 Å². The number of ether oxygens (including phenoxy) is 3. The van der Waals surface area contributed by atoms with Gasteiger partial charge in [0, 0.05) is 25.3 Å². The molecule has 0 bridgehead atoms. The molecule has 2 aliphatic rings. The number of hydrogen-bond donors (Lipinski definition) is 1. The fourth-order valence-electron chi connectivity index (χ4n) is 3.36. The average molecular weight is 369 g/mol. The van der Waals surface area contributed by atoms with Crippen molar-refractivity contribution in [1.29, 1.82) is 0 Å². The number of nitrogens with zero attached hydrogens (tertiary/aromatic N) is 2. The van der Waals surface area contributed by atoms with E-state index in [1.165, 1.54) is 0 Å². The smallest absolute Gasteiger partial charge is 0.321 e. The zero-order valence-corrected chi connectivity index (χ0v) is 15.5. The monoisotopic (exact) mass is 369 g/mol. The van der Waals surface area contributed by atoms with E-state index in [-0.39, 0.29) is 18.9 Å². The summed E-state index contributed by atoms with van der Waals surface area (Å²) in [4.78, 5) is 16.5. The van der Waals surface area contributed by atoms with Gasteiger partial charge < -0.3 is 29.3 Å². The minimum atomic E-state index is -0.195. The molecule has 2 aliphatic heterocycles. The van der Waals surface area contributed by atoms with E-state index in [1.807, 2.05) is 18.2 Å². The first-order chi connectivity index (χ1) is 13.1. The second-order valence-electron chi connectivity index (χ2n) is 6.62. The van der Waals surface area contributed by atoms with Gasteiger partial charge in [-0.15, -0.1) is 0 Å². The summed E-state index contributed by atoms with van der Waals surface area (Å²) in [6, 6.07) is 13.2. The number of hydrogen-bond acceptors (Lipinski definition) is 5. The van der Waals surface area contributed by atoms with Crippen LogP contribution in [0.2, 0.25) is 0 Å². The Morgan fingerprint density at radius 2 is 2.00 bits per heavy atom. The van der Waals surface area contributed by atoms with Gasteiger partial charge in [-0.1, -0.05) is 12.1 Å². The molecule has 0 saturated carbocycles. The SMILES string of the molecule is CCN1CC(CN(C)C(=O)Nc2ccc3c(c2)OCO3)Oc2ccccc21. The summed E-state index contributed by atoms with van der Waals surface area (Å²) in [5.74, 6) is 2.19. The van der Waals surface area contributed by atoms with E-state index in [1.54, 1.807) is 30.1 Å². The van der Waals surface area contributed by atoms with Crippen molar-refractivity contribution in [3.05, 3.63) is 42.5 Å². The maximum Gasteiger partial charge on any atom is 0.321 e. The van der Waals surface area contributed by atoms with Crippen molar-refractivity contribution in [3.8, 4) is 17.2 Å². The van der Waals surface area contributed by atoms with Crippen molar-refractivity contribution >= 4 is 17.4 Å². The molecule has 27 heavy (non-hydrogen) atoms. The number of amides is 2. The van der Waals surface area contributed by atoms with Gasteiger partial charge in [-0.05, 0) is 31.2 Å². The van der Waals surface area contributed by atoms with Crippen molar-refractivity contribution in [3.63, 3.8) is 0 Å². The van der Waals surface area contributed by atoms with Gasteiger partial charge in [-0.2, -0.15) is 0 Å². The summed E-state index contributed by atoms with van der Waals surface area (Å²) in [7, 11) is 1.77. The summed E-state index contributed by atoms with van der Waals surface area (Å²) in [5, 5.41) is 2.89. The molecule has 2 aromatic carbocycles. The third kappa shape index (κ3) is 3.58. The van der Waals surface area contributed by atoms with Gasteiger partial charge in [0.2, 0.25) is 6.79 Å². The maximum absolute atomic E-state index is 12.6. The highest BCUT2D eigenvalue weighted by molar-refractivity contribution is 5.89. The second kappa shape index (κ2) is 7.26. The van der Waals surface area contributed by atoms with E-state index < -0.39 is 0 Å². The molecular weight excluding hydrogens is 346 g/mol. The fourth-order valence-corrected chi connectivity index (χ4v) is 3.36. The highest BCUT2D eigenvalue weighted by Crippen LogP contribution is 2.35. The molecule has 1 atom stereocenters. The minimum absolute atomic E-state index is 0.0904. The minimum Gasteiger partial charge on any atom is -0.485 e. The Kier molecular flexibility index (Phi) is 4.66. The van der Waals surface area contributed by atoms with Crippen LogP contribution < -0.4 is 24.4 Å². The first kappa shape index (κ1) is 17.3. The lowest BCUT2D eigenvalue weighted by molar-refractivity contribution is 0.150. The fraction of sp³-hybridized carbons (Fsp3) is 0.350. The second-order valence-corrected chi connectivity index (χ2v) is 6.62. The third-order valence-electron chi connectivity index (χ3n) is 4.75. The van der Waals surface area contributed by atoms with Gasteiger partial charge in [-0.3, -0.25) is 0 Å². The van der Waals surface area contributed by atoms with E-state index in [9.17, 15) is 4.79 Å². The van der Waals surface area contributed by atoms with Gasteiger partial charge in [-0.25, -0.2) is 4.79 Å². The zero-order valence-electron chi connectivity index (χ0n) is 15.5. The van der Waals surface area contributed by atoms with Crippen molar-refractivity contribution in [2.24, 2.45) is 0 Å². The number of rotatable bonds is 4. The molecule has 0 spiro atoms. The lowest BCUT2D eigenvalue weighted by Gasteiger charge is -2.37. The number of likely N-dealkylation sites (N-methyl/N-ethyl adjacent to an activating group) is 2. The Morgan fingerprint density at radius 3 is 2.85 bits per heavy atom.